The Hall–Kier alpha value is -0.160. The van der Waals surface area contributed by atoms with Crippen molar-refractivity contribution in [2.24, 2.45) is 11.8 Å². The highest BCUT2D eigenvalue weighted by Gasteiger charge is 2.48. The average molecular weight is 457 g/mol. The van der Waals surface area contributed by atoms with Gasteiger partial charge in [0.1, 0.15) is 0 Å². The molecule has 0 aliphatic heterocycles. The molecule has 0 heterocycles. The Balaban J connectivity index is 6.11. The predicted molar refractivity (Wildman–Crippen MR) is 141 cm³/mol. The van der Waals surface area contributed by atoms with E-state index in [1.807, 2.05) is 0 Å². The van der Waals surface area contributed by atoms with Crippen molar-refractivity contribution in [3.63, 3.8) is 0 Å². The highest BCUT2D eigenvalue weighted by molar-refractivity contribution is 4.90. The van der Waals surface area contributed by atoms with Crippen LogP contribution in [0.2, 0.25) is 0 Å². The maximum atomic E-state index is 6.71. The molecule has 0 aliphatic rings. The quantitative estimate of drug-likeness (QED) is 0.124. The molecular formula is C28H60N2O2. The second kappa shape index (κ2) is 19.2. The maximum absolute atomic E-state index is 6.71. The van der Waals surface area contributed by atoms with E-state index in [4.69, 9.17) is 9.47 Å². The van der Waals surface area contributed by atoms with Gasteiger partial charge in [-0.3, -0.25) is 9.80 Å². The fraction of sp³-hybridized carbons (Fsp3) is 1.00. The Morgan fingerprint density at radius 3 is 1.62 bits per heavy atom. The Bertz CT molecular complexity index is 408. The van der Waals surface area contributed by atoms with Gasteiger partial charge < -0.3 is 9.47 Å². The van der Waals surface area contributed by atoms with E-state index in [9.17, 15) is 0 Å². The summed E-state index contributed by atoms with van der Waals surface area (Å²) in [6.45, 7) is 26.0. The molecule has 0 spiro atoms. The molecule has 0 saturated carbocycles. The van der Waals surface area contributed by atoms with Crippen molar-refractivity contribution in [1.29, 1.82) is 0 Å². The molecule has 0 aromatic heterocycles. The SMILES string of the molecule is CCCCCCCCC(N(CCC)CC(C)C)C(OCC)(OCC)N(CCC)CC(C)C. The second-order valence-electron chi connectivity index (χ2n) is 10.3. The zero-order valence-electron chi connectivity index (χ0n) is 23.5. The van der Waals surface area contributed by atoms with Crippen molar-refractivity contribution in [2.45, 2.75) is 132 Å². The lowest BCUT2D eigenvalue weighted by Crippen LogP contribution is -2.66. The number of unbranched alkanes of at least 4 members (excludes halogenated alkanes) is 5. The van der Waals surface area contributed by atoms with Gasteiger partial charge in [0, 0.05) is 32.8 Å². The monoisotopic (exact) mass is 456 g/mol. The maximum Gasteiger partial charge on any atom is 0.246 e. The van der Waals surface area contributed by atoms with Crippen LogP contribution < -0.4 is 0 Å². The summed E-state index contributed by atoms with van der Waals surface area (Å²) < 4.78 is 13.4. The Morgan fingerprint density at radius 1 is 0.625 bits per heavy atom. The number of nitrogens with zero attached hydrogens (tertiary/aromatic N) is 2. The Labute approximate surface area is 202 Å². The third-order valence-corrected chi connectivity index (χ3v) is 6.03. The molecule has 1 unspecified atom stereocenters. The van der Waals surface area contributed by atoms with Crippen LogP contribution in [0.15, 0.2) is 0 Å². The summed E-state index contributed by atoms with van der Waals surface area (Å²) in [5.41, 5.74) is 0. The summed E-state index contributed by atoms with van der Waals surface area (Å²) in [5.74, 6) is 0.526. The van der Waals surface area contributed by atoms with Crippen LogP contribution in [0.25, 0.3) is 0 Å². The fourth-order valence-electron chi connectivity index (χ4n) is 4.97. The van der Waals surface area contributed by atoms with Gasteiger partial charge in [-0.2, -0.15) is 0 Å². The van der Waals surface area contributed by atoms with Gasteiger partial charge in [0.05, 0.1) is 6.04 Å². The van der Waals surface area contributed by atoms with Crippen molar-refractivity contribution in [1.82, 2.24) is 9.80 Å². The van der Waals surface area contributed by atoms with Gasteiger partial charge in [0.15, 0.2) is 0 Å². The lowest BCUT2D eigenvalue weighted by molar-refractivity contribution is -0.345. The largest absolute Gasteiger partial charge is 0.336 e. The van der Waals surface area contributed by atoms with Crippen LogP contribution in [0.4, 0.5) is 0 Å². The van der Waals surface area contributed by atoms with Crippen LogP contribution in [0.5, 0.6) is 0 Å². The first-order valence-corrected chi connectivity index (χ1v) is 14.1. The van der Waals surface area contributed by atoms with E-state index in [-0.39, 0.29) is 6.04 Å². The highest BCUT2D eigenvalue weighted by atomic mass is 16.7. The second-order valence-corrected chi connectivity index (χ2v) is 10.3. The zero-order valence-corrected chi connectivity index (χ0v) is 23.5. The summed E-state index contributed by atoms with van der Waals surface area (Å²) in [5, 5.41) is 0. The topological polar surface area (TPSA) is 24.9 Å². The van der Waals surface area contributed by atoms with Crippen molar-refractivity contribution in [3.8, 4) is 0 Å². The third kappa shape index (κ3) is 11.8. The van der Waals surface area contributed by atoms with Crippen molar-refractivity contribution >= 4 is 0 Å². The lowest BCUT2D eigenvalue weighted by Gasteiger charge is -2.51. The summed E-state index contributed by atoms with van der Waals surface area (Å²) >= 11 is 0. The Morgan fingerprint density at radius 2 is 1.16 bits per heavy atom. The van der Waals surface area contributed by atoms with E-state index in [1.165, 1.54) is 38.5 Å². The molecule has 194 valence electrons. The van der Waals surface area contributed by atoms with Crippen LogP contribution in [0, 0.1) is 11.8 Å². The molecule has 0 bridgehead atoms. The third-order valence-electron chi connectivity index (χ3n) is 6.03. The van der Waals surface area contributed by atoms with Crippen LogP contribution in [0.3, 0.4) is 0 Å². The van der Waals surface area contributed by atoms with Crippen LogP contribution in [0.1, 0.15) is 120 Å². The number of hydrogen-bond acceptors (Lipinski definition) is 4. The van der Waals surface area contributed by atoms with Crippen LogP contribution in [-0.4, -0.2) is 61.1 Å². The van der Waals surface area contributed by atoms with E-state index in [2.05, 4.69) is 72.1 Å². The fourth-order valence-corrected chi connectivity index (χ4v) is 4.97. The van der Waals surface area contributed by atoms with E-state index in [0.29, 0.717) is 25.0 Å². The van der Waals surface area contributed by atoms with Crippen molar-refractivity contribution in [3.05, 3.63) is 0 Å². The molecule has 0 saturated heterocycles. The highest BCUT2D eigenvalue weighted by Crippen LogP contribution is 2.33. The van der Waals surface area contributed by atoms with Gasteiger partial charge in [-0.1, -0.05) is 87.0 Å². The number of ether oxygens (including phenoxy) is 2. The van der Waals surface area contributed by atoms with Crippen molar-refractivity contribution < 1.29 is 9.47 Å². The molecule has 0 amide bonds. The average Bonchev–Trinajstić information content (AvgIpc) is 2.72. The zero-order chi connectivity index (χ0) is 24.4. The molecule has 0 N–H and O–H groups in total. The molecule has 4 heteroatoms. The van der Waals surface area contributed by atoms with E-state index in [1.54, 1.807) is 0 Å². The van der Waals surface area contributed by atoms with Crippen LogP contribution in [-0.2, 0) is 9.47 Å². The first-order valence-electron chi connectivity index (χ1n) is 14.1. The normalized spacial score (nSPS) is 13.8. The first-order chi connectivity index (χ1) is 15.3. The number of rotatable bonds is 22. The smallest absolute Gasteiger partial charge is 0.246 e. The molecule has 0 fully saturated rings. The van der Waals surface area contributed by atoms with Gasteiger partial charge in [0.25, 0.3) is 0 Å². The molecule has 0 aromatic carbocycles. The van der Waals surface area contributed by atoms with Gasteiger partial charge in [-0.15, -0.1) is 0 Å². The summed E-state index contributed by atoms with van der Waals surface area (Å²) in [6.07, 6.45) is 11.3. The van der Waals surface area contributed by atoms with Gasteiger partial charge >= 0.3 is 0 Å². The standard InChI is InChI=1S/C28H60N2O2/c1-10-15-16-17-18-19-20-27(29(21-11-2)23-25(6)7)28(31-13-4,32-14-5)30(22-12-3)24-26(8)9/h25-27H,10-24H2,1-9H3. The molecule has 0 aromatic rings. The van der Waals surface area contributed by atoms with E-state index in [0.717, 1.165) is 45.4 Å². The van der Waals surface area contributed by atoms with E-state index < -0.39 is 5.91 Å². The molecule has 0 radical (unpaired) electrons. The molecule has 0 rings (SSSR count). The molecule has 32 heavy (non-hydrogen) atoms. The summed E-state index contributed by atoms with van der Waals surface area (Å²) in [6, 6.07) is 0.251. The van der Waals surface area contributed by atoms with Crippen LogP contribution >= 0.6 is 0 Å². The Kier molecular flexibility index (Phi) is 19.1. The minimum absolute atomic E-state index is 0.251. The van der Waals surface area contributed by atoms with Crippen molar-refractivity contribution in [2.75, 3.05) is 39.4 Å². The lowest BCUT2D eigenvalue weighted by atomic mass is 9.98. The number of hydrogen-bond donors (Lipinski definition) is 0. The summed E-state index contributed by atoms with van der Waals surface area (Å²) in [4.78, 5) is 5.24. The predicted octanol–water partition coefficient (Wildman–Crippen LogP) is 7.57. The molecule has 1 atom stereocenters. The minimum atomic E-state index is -0.669. The van der Waals surface area contributed by atoms with Gasteiger partial charge in [-0.05, 0) is 51.5 Å². The van der Waals surface area contributed by atoms with Gasteiger partial charge in [-0.25, -0.2) is 0 Å². The summed E-state index contributed by atoms with van der Waals surface area (Å²) in [7, 11) is 0. The molecule has 0 aliphatic carbocycles. The molecular weight excluding hydrogens is 396 g/mol. The molecule has 4 nitrogen and oxygen atoms in total. The first kappa shape index (κ1) is 31.8. The van der Waals surface area contributed by atoms with Gasteiger partial charge in [0.2, 0.25) is 5.91 Å². The minimum Gasteiger partial charge on any atom is -0.336 e. The van der Waals surface area contributed by atoms with E-state index >= 15 is 0 Å².